The van der Waals surface area contributed by atoms with Crippen molar-refractivity contribution < 1.29 is 9.53 Å². The van der Waals surface area contributed by atoms with Gasteiger partial charge in [0.05, 0.1) is 13.2 Å². The van der Waals surface area contributed by atoms with Crippen LogP contribution in [-0.4, -0.2) is 66.0 Å². The Morgan fingerprint density at radius 1 is 1.03 bits per heavy atom. The molecule has 2 aliphatic heterocycles. The number of nitrogens with zero attached hydrogens (tertiary/aromatic N) is 4. The number of hydrogen-bond donors (Lipinski definition) is 1. The van der Waals surface area contributed by atoms with Crippen LogP contribution in [0.4, 0.5) is 5.82 Å². The van der Waals surface area contributed by atoms with Crippen LogP contribution in [0.2, 0.25) is 0 Å². The number of ether oxygens (including phenoxy) is 1. The van der Waals surface area contributed by atoms with E-state index in [9.17, 15) is 9.59 Å². The third-order valence-corrected chi connectivity index (χ3v) is 5.68. The molecule has 1 amide bonds. The van der Waals surface area contributed by atoms with Gasteiger partial charge in [0.2, 0.25) is 5.91 Å². The summed E-state index contributed by atoms with van der Waals surface area (Å²) in [4.78, 5) is 29.2. The number of nitrogens with one attached hydrogen (secondary N) is 1. The SMILES string of the molecule is O=C(Cn1nc(N2CCOCC2)ccc1=O)NC1CCN(Cc2ccccc2)CC1. The van der Waals surface area contributed by atoms with Gasteiger partial charge in [0.25, 0.3) is 5.56 Å². The van der Waals surface area contributed by atoms with E-state index in [0.29, 0.717) is 19.0 Å². The van der Waals surface area contributed by atoms with E-state index < -0.39 is 0 Å². The molecule has 30 heavy (non-hydrogen) atoms. The zero-order valence-electron chi connectivity index (χ0n) is 17.2. The predicted octanol–water partition coefficient (Wildman–Crippen LogP) is 0.861. The standard InChI is InChI=1S/C22H29N5O3/c28-21(17-27-22(29)7-6-20(24-27)26-12-14-30-15-13-26)23-19-8-10-25(11-9-19)16-18-4-2-1-3-5-18/h1-7,19H,8-17H2,(H,23,28). The first kappa shape index (κ1) is 20.6. The Balaban J connectivity index is 1.27. The maximum absolute atomic E-state index is 12.5. The summed E-state index contributed by atoms with van der Waals surface area (Å²) < 4.78 is 6.61. The molecule has 0 spiro atoms. The van der Waals surface area contributed by atoms with Gasteiger partial charge in [0.1, 0.15) is 12.4 Å². The van der Waals surface area contributed by atoms with Crippen LogP contribution < -0.4 is 15.8 Å². The fourth-order valence-electron chi connectivity index (χ4n) is 4.00. The van der Waals surface area contributed by atoms with E-state index in [4.69, 9.17) is 4.74 Å². The second-order valence-electron chi connectivity index (χ2n) is 7.89. The van der Waals surface area contributed by atoms with E-state index in [2.05, 4.69) is 44.5 Å². The van der Waals surface area contributed by atoms with Crippen molar-refractivity contribution in [3.63, 3.8) is 0 Å². The summed E-state index contributed by atoms with van der Waals surface area (Å²) >= 11 is 0. The Morgan fingerprint density at radius 3 is 2.50 bits per heavy atom. The number of morpholine rings is 1. The maximum Gasteiger partial charge on any atom is 0.267 e. The topological polar surface area (TPSA) is 79.7 Å². The Kier molecular flexibility index (Phi) is 6.76. The average molecular weight is 412 g/mol. The minimum absolute atomic E-state index is 0.0543. The van der Waals surface area contributed by atoms with Gasteiger partial charge >= 0.3 is 0 Å². The van der Waals surface area contributed by atoms with Crippen molar-refractivity contribution in [3.05, 3.63) is 58.4 Å². The average Bonchev–Trinajstić information content (AvgIpc) is 2.78. The molecule has 2 aliphatic rings. The molecule has 1 N–H and O–H groups in total. The van der Waals surface area contributed by atoms with Crippen molar-refractivity contribution in [2.45, 2.75) is 32.0 Å². The lowest BCUT2D eigenvalue weighted by molar-refractivity contribution is -0.122. The number of amides is 1. The molecule has 2 fully saturated rings. The van der Waals surface area contributed by atoms with Gasteiger partial charge in [0, 0.05) is 44.8 Å². The number of rotatable bonds is 6. The van der Waals surface area contributed by atoms with Crippen molar-refractivity contribution in [3.8, 4) is 0 Å². The van der Waals surface area contributed by atoms with Gasteiger partial charge in [-0.2, -0.15) is 5.10 Å². The van der Waals surface area contributed by atoms with E-state index in [-0.39, 0.29) is 24.1 Å². The molecule has 0 aliphatic carbocycles. The van der Waals surface area contributed by atoms with Crippen LogP contribution in [-0.2, 0) is 22.6 Å². The van der Waals surface area contributed by atoms with Gasteiger partial charge in [-0.05, 0) is 24.5 Å². The quantitative estimate of drug-likeness (QED) is 0.760. The highest BCUT2D eigenvalue weighted by Crippen LogP contribution is 2.14. The van der Waals surface area contributed by atoms with Crippen LogP contribution in [0.15, 0.2) is 47.3 Å². The molecule has 0 atom stereocenters. The molecule has 0 saturated carbocycles. The number of hydrogen-bond acceptors (Lipinski definition) is 6. The van der Waals surface area contributed by atoms with Gasteiger partial charge in [-0.15, -0.1) is 0 Å². The number of aromatic nitrogens is 2. The monoisotopic (exact) mass is 411 g/mol. The summed E-state index contributed by atoms with van der Waals surface area (Å²) in [6, 6.07) is 13.8. The molecule has 0 bridgehead atoms. The molecule has 4 rings (SSSR count). The molecule has 0 unspecified atom stereocenters. The summed E-state index contributed by atoms with van der Waals surface area (Å²) in [6.45, 7) is 5.54. The first-order chi connectivity index (χ1) is 14.7. The van der Waals surface area contributed by atoms with E-state index in [0.717, 1.165) is 45.6 Å². The summed E-state index contributed by atoms with van der Waals surface area (Å²) in [5, 5.41) is 7.47. The molecule has 8 nitrogen and oxygen atoms in total. The molecular weight excluding hydrogens is 382 g/mol. The smallest absolute Gasteiger partial charge is 0.267 e. The number of benzene rings is 1. The lowest BCUT2D eigenvalue weighted by atomic mass is 10.0. The molecule has 2 saturated heterocycles. The lowest BCUT2D eigenvalue weighted by Gasteiger charge is -2.32. The Labute approximate surface area is 176 Å². The maximum atomic E-state index is 12.5. The first-order valence-corrected chi connectivity index (χ1v) is 10.6. The molecule has 1 aromatic carbocycles. The Bertz CT molecular complexity index is 887. The van der Waals surface area contributed by atoms with Crippen LogP contribution in [0.25, 0.3) is 0 Å². The summed E-state index contributed by atoms with van der Waals surface area (Å²) in [5.41, 5.74) is 1.05. The Hall–Kier alpha value is -2.71. The van der Waals surface area contributed by atoms with E-state index in [1.807, 2.05) is 6.07 Å². The highest BCUT2D eigenvalue weighted by molar-refractivity contribution is 5.76. The highest BCUT2D eigenvalue weighted by atomic mass is 16.5. The third kappa shape index (κ3) is 5.46. The van der Waals surface area contributed by atoms with Gasteiger partial charge < -0.3 is 15.0 Å². The van der Waals surface area contributed by atoms with E-state index in [1.54, 1.807) is 6.07 Å². The van der Waals surface area contributed by atoms with Gasteiger partial charge in [-0.25, -0.2) is 4.68 Å². The molecule has 1 aromatic heterocycles. The van der Waals surface area contributed by atoms with Gasteiger partial charge in [0.15, 0.2) is 0 Å². The predicted molar refractivity (Wildman–Crippen MR) is 114 cm³/mol. The van der Waals surface area contributed by atoms with E-state index >= 15 is 0 Å². The normalized spacial score (nSPS) is 18.3. The van der Waals surface area contributed by atoms with Crippen molar-refractivity contribution >= 4 is 11.7 Å². The van der Waals surface area contributed by atoms with Crippen LogP contribution >= 0.6 is 0 Å². The van der Waals surface area contributed by atoms with Crippen molar-refractivity contribution in [1.29, 1.82) is 0 Å². The van der Waals surface area contributed by atoms with Crippen LogP contribution in [0.5, 0.6) is 0 Å². The van der Waals surface area contributed by atoms with Crippen LogP contribution in [0, 0.1) is 0 Å². The van der Waals surface area contributed by atoms with Crippen LogP contribution in [0.3, 0.4) is 0 Å². The molecule has 2 aromatic rings. The molecule has 0 radical (unpaired) electrons. The molecule has 8 heteroatoms. The minimum atomic E-state index is -0.264. The van der Waals surface area contributed by atoms with Crippen molar-refractivity contribution in [2.24, 2.45) is 0 Å². The Morgan fingerprint density at radius 2 is 1.77 bits per heavy atom. The zero-order chi connectivity index (χ0) is 20.8. The second-order valence-corrected chi connectivity index (χ2v) is 7.89. The number of carbonyl (C=O) groups excluding carboxylic acids is 1. The van der Waals surface area contributed by atoms with Crippen molar-refractivity contribution in [1.82, 2.24) is 20.0 Å². The lowest BCUT2D eigenvalue weighted by Crippen LogP contribution is -2.46. The molecule has 160 valence electrons. The van der Waals surface area contributed by atoms with Gasteiger partial charge in [-0.3, -0.25) is 14.5 Å². The largest absolute Gasteiger partial charge is 0.378 e. The third-order valence-electron chi connectivity index (χ3n) is 5.68. The fraction of sp³-hybridized carbons (Fsp3) is 0.500. The number of anilines is 1. The summed E-state index contributed by atoms with van der Waals surface area (Å²) in [6.07, 6.45) is 1.82. The fourth-order valence-corrected chi connectivity index (χ4v) is 4.00. The highest BCUT2D eigenvalue weighted by Gasteiger charge is 2.21. The summed E-state index contributed by atoms with van der Waals surface area (Å²) in [5.74, 6) is 0.546. The molecule has 3 heterocycles. The van der Waals surface area contributed by atoms with E-state index in [1.165, 1.54) is 16.3 Å². The first-order valence-electron chi connectivity index (χ1n) is 10.6. The zero-order valence-corrected chi connectivity index (χ0v) is 17.2. The molecular formula is C22H29N5O3. The number of piperidine rings is 1. The van der Waals surface area contributed by atoms with Crippen molar-refractivity contribution in [2.75, 3.05) is 44.3 Å². The van der Waals surface area contributed by atoms with Gasteiger partial charge in [-0.1, -0.05) is 30.3 Å². The van der Waals surface area contributed by atoms with Crippen LogP contribution in [0.1, 0.15) is 18.4 Å². The summed E-state index contributed by atoms with van der Waals surface area (Å²) in [7, 11) is 0. The number of carbonyl (C=O) groups is 1. The minimum Gasteiger partial charge on any atom is -0.378 e. The number of likely N-dealkylation sites (tertiary alicyclic amines) is 1. The second kappa shape index (κ2) is 9.86.